The molecule has 0 saturated heterocycles. The van der Waals surface area contributed by atoms with Crippen LogP contribution in [-0.4, -0.2) is 18.4 Å². The summed E-state index contributed by atoms with van der Waals surface area (Å²) in [6, 6.07) is 25.8. The quantitative estimate of drug-likeness (QED) is 0.334. The van der Waals surface area contributed by atoms with Crippen molar-refractivity contribution in [2.24, 2.45) is 0 Å². The Morgan fingerprint density at radius 2 is 1.59 bits per heavy atom. The average molecular weight is 491 g/mol. The lowest BCUT2D eigenvalue weighted by atomic mass is 10.1. The summed E-state index contributed by atoms with van der Waals surface area (Å²) in [6.07, 6.45) is 1.43. The first-order valence-electron chi connectivity index (χ1n) is 9.81. The minimum Gasteiger partial charge on any atom is -0.483 e. The summed E-state index contributed by atoms with van der Waals surface area (Å²) >= 11 is 3.51. The van der Waals surface area contributed by atoms with E-state index < -0.39 is 0 Å². The number of carbonyl (C=O) groups is 2. The maximum atomic E-state index is 12.4. The fourth-order valence-electron chi connectivity index (χ4n) is 3.04. The number of hydrogen-bond acceptors (Lipinski definition) is 4. The average Bonchev–Trinajstić information content (AvgIpc) is 3.34. The number of rotatable bonds is 7. The fourth-order valence-corrected chi connectivity index (χ4v) is 3.54. The van der Waals surface area contributed by atoms with Crippen LogP contribution in [0, 0.1) is 0 Å². The number of halogens is 1. The Morgan fingerprint density at radius 1 is 0.812 bits per heavy atom. The molecule has 0 saturated carbocycles. The van der Waals surface area contributed by atoms with Crippen molar-refractivity contribution in [3.8, 4) is 16.9 Å². The molecule has 1 aromatic heterocycles. The predicted octanol–water partition coefficient (Wildman–Crippen LogP) is 5.98. The van der Waals surface area contributed by atoms with Gasteiger partial charge in [-0.1, -0.05) is 42.5 Å². The fraction of sp³-hybridized carbons (Fsp3) is 0.0400. The van der Waals surface area contributed by atoms with Gasteiger partial charge in [0.1, 0.15) is 5.75 Å². The van der Waals surface area contributed by atoms with E-state index in [0.717, 1.165) is 15.6 Å². The van der Waals surface area contributed by atoms with Gasteiger partial charge in [0.15, 0.2) is 12.4 Å². The molecular formula is C25H19BrN2O4. The third kappa shape index (κ3) is 5.44. The van der Waals surface area contributed by atoms with Crippen molar-refractivity contribution in [3.63, 3.8) is 0 Å². The highest BCUT2D eigenvalue weighted by Gasteiger charge is 2.11. The van der Waals surface area contributed by atoms with E-state index >= 15 is 0 Å². The molecule has 0 aliphatic rings. The highest BCUT2D eigenvalue weighted by atomic mass is 79.9. The monoisotopic (exact) mass is 490 g/mol. The molecule has 160 valence electrons. The Bertz CT molecular complexity index is 1220. The van der Waals surface area contributed by atoms with Gasteiger partial charge in [0, 0.05) is 11.4 Å². The molecular weight excluding hydrogens is 472 g/mol. The van der Waals surface area contributed by atoms with Crippen LogP contribution in [0.2, 0.25) is 0 Å². The van der Waals surface area contributed by atoms with E-state index in [2.05, 4.69) is 26.6 Å². The molecule has 0 spiro atoms. The second-order valence-corrected chi connectivity index (χ2v) is 7.71. The number of furan rings is 1. The lowest BCUT2D eigenvalue weighted by Gasteiger charge is -2.11. The molecule has 1 heterocycles. The predicted molar refractivity (Wildman–Crippen MR) is 127 cm³/mol. The molecule has 7 heteroatoms. The van der Waals surface area contributed by atoms with Gasteiger partial charge < -0.3 is 19.8 Å². The van der Waals surface area contributed by atoms with Gasteiger partial charge >= 0.3 is 0 Å². The van der Waals surface area contributed by atoms with Crippen LogP contribution >= 0.6 is 15.9 Å². The van der Waals surface area contributed by atoms with Crippen molar-refractivity contribution in [2.75, 3.05) is 17.2 Å². The highest BCUT2D eigenvalue weighted by Crippen LogP contribution is 2.30. The largest absolute Gasteiger partial charge is 0.483 e. The van der Waals surface area contributed by atoms with E-state index in [9.17, 15) is 9.59 Å². The van der Waals surface area contributed by atoms with Crippen molar-refractivity contribution < 1.29 is 18.7 Å². The molecule has 2 N–H and O–H groups in total. The molecule has 6 nitrogen and oxygen atoms in total. The number of amides is 2. The number of nitrogens with one attached hydrogen (secondary N) is 2. The lowest BCUT2D eigenvalue weighted by molar-refractivity contribution is -0.118. The molecule has 4 aromatic rings. The van der Waals surface area contributed by atoms with Crippen LogP contribution in [0.5, 0.6) is 5.75 Å². The molecule has 0 fully saturated rings. The van der Waals surface area contributed by atoms with Crippen LogP contribution in [0.1, 0.15) is 10.6 Å². The summed E-state index contributed by atoms with van der Waals surface area (Å²) in [5, 5.41) is 5.48. The summed E-state index contributed by atoms with van der Waals surface area (Å²) in [5.74, 6) is 0.0835. The van der Waals surface area contributed by atoms with E-state index in [1.807, 2.05) is 48.5 Å². The lowest BCUT2D eigenvalue weighted by Crippen LogP contribution is -2.20. The van der Waals surface area contributed by atoms with Gasteiger partial charge in [-0.05, 0) is 69.5 Å². The first-order valence-corrected chi connectivity index (χ1v) is 10.6. The summed E-state index contributed by atoms with van der Waals surface area (Å²) in [4.78, 5) is 24.4. The van der Waals surface area contributed by atoms with Crippen LogP contribution in [0.15, 0.2) is 100 Å². The van der Waals surface area contributed by atoms with Crippen molar-refractivity contribution in [3.05, 3.63) is 101 Å². The van der Waals surface area contributed by atoms with Crippen LogP contribution in [-0.2, 0) is 4.79 Å². The summed E-state index contributed by atoms with van der Waals surface area (Å²) < 4.78 is 11.5. The molecule has 0 radical (unpaired) electrons. The van der Waals surface area contributed by atoms with E-state index in [1.54, 1.807) is 36.4 Å². The van der Waals surface area contributed by atoms with Gasteiger partial charge in [-0.15, -0.1) is 0 Å². The SMILES string of the molecule is O=C(COc1ccc(-c2ccccc2)cc1Br)Nc1cccc(NC(=O)c2ccco2)c1. The molecule has 0 atom stereocenters. The third-order valence-electron chi connectivity index (χ3n) is 4.55. The Labute approximate surface area is 193 Å². The Hall–Kier alpha value is -3.84. The maximum absolute atomic E-state index is 12.4. The van der Waals surface area contributed by atoms with Crippen molar-refractivity contribution >= 4 is 39.1 Å². The zero-order valence-corrected chi connectivity index (χ0v) is 18.5. The number of anilines is 2. The minimum atomic E-state index is -0.370. The first-order chi connectivity index (χ1) is 15.6. The van der Waals surface area contributed by atoms with Crippen LogP contribution < -0.4 is 15.4 Å². The number of ether oxygens (including phenoxy) is 1. The van der Waals surface area contributed by atoms with Crippen molar-refractivity contribution in [1.82, 2.24) is 0 Å². The van der Waals surface area contributed by atoms with Crippen LogP contribution in [0.4, 0.5) is 11.4 Å². The molecule has 32 heavy (non-hydrogen) atoms. The van der Waals surface area contributed by atoms with Crippen LogP contribution in [0.3, 0.4) is 0 Å². The van der Waals surface area contributed by atoms with Gasteiger partial charge in [0.25, 0.3) is 11.8 Å². The zero-order chi connectivity index (χ0) is 22.3. The molecule has 2 amide bonds. The van der Waals surface area contributed by atoms with E-state index in [-0.39, 0.29) is 24.2 Å². The molecule has 0 aliphatic heterocycles. The zero-order valence-electron chi connectivity index (χ0n) is 16.9. The number of carbonyl (C=O) groups excluding carboxylic acids is 2. The second kappa shape index (κ2) is 9.98. The van der Waals surface area contributed by atoms with Crippen molar-refractivity contribution in [2.45, 2.75) is 0 Å². The first kappa shape index (κ1) is 21.4. The maximum Gasteiger partial charge on any atom is 0.291 e. The summed E-state index contributed by atoms with van der Waals surface area (Å²) in [6.45, 7) is -0.160. The molecule has 3 aromatic carbocycles. The smallest absolute Gasteiger partial charge is 0.291 e. The van der Waals surface area contributed by atoms with Gasteiger partial charge in [-0.2, -0.15) is 0 Å². The molecule has 0 aliphatic carbocycles. The Morgan fingerprint density at radius 3 is 2.31 bits per heavy atom. The number of hydrogen-bond donors (Lipinski definition) is 2. The van der Waals surface area contributed by atoms with Gasteiger partial charge in [0.05, 0.1) is 10.7 Å². The van der Waals surface area contributed by atoms with Gasteiger partial charge in [-0.3, -0.25) is 9.59 Å². The molecule has 0 bridgehead atoms. The Balaban J connectivity index is 1.34. The van der Waals surface area contributed by atoms with E-state index in [0.29, 0.717) is 17.1 Å². The third-order valence-corrected chi connectivity index (χ3v) is 5.17. The highest BCUT2D eigenvalue weighted by molar-refractivity contribution is 9.10. The van der Waals surface area contributed by atoms with E-state index in [1.165, 1.54) is 6.26 Å². The minimum absolute atomic E-state index is 0.160. The second-order valence-electron chi connectivity index (χ2n) is 6.86. The van der Waals surface area contributed by atoms with Gasteiger partial charge in [0.2, 0.25) is 0 Å². The standard InChI is InChI=1S/C25H19BrN2O4/c26-21-14-18(17-6-2-1-3-7-17)11-12-22(21)32-16-24(29)27-19-8-4-9-20(15-19)28-25(30)23-10-5-13-31-23/h1-15H,16H2,(H,27,29)(H,28,30). The normalized spacial score (nSPS) is 10.4. The van der Waals surface area contributed by atoms with Crippen LogP contribution in [0.25, 0.3) is 11.1 Å². The molecule has 4 rings (SSSR count). The number of benzene rings is 3. The van der Waals surface area contributed by atoms with Crippen molar-refractivity contribution in [1.29, 1.82) is 0 Å². The van der Waals surface area contributed by atoms with Gasteiger partial charge in [-0.25, -0.2) is 0 Å². The summed E-state index contributed by atoms with van der Waals surface area (Å²) in [5.41, 5.74) is 3.21. The Kier molecular flexibility index (Phi) is 6.67. The molecule has 0 unspecified atom stereocenters. The summed E-state index contributed by atoms with van der Waals surface area (Å²) in [7, 11) is 0. The van der Waals surface area contributed by atoms with E-state index in [4.69, 9.17) is 9.15 Å². The topological polar surface area (TPSA) is 80.6 Å².